The van der Waals surface area contributed by atoms with Gasteiger partial charge in [0.15, 0.2) is 0 Å². The van der Waals surface area contributed by atoms with Crippen molar-refractivity contribution in [3.8, 4) is 17.0 Å². The minimum absolute atomic E-state index is 0.574. The van der Waals surface area contributed by atoms with E-state index in [9.17, 15) is 0 Å². The smallest absolute Gasteiger partial charge is 0.124 e. The Bertz CT molecular complexity index is 828. The molecule has 1 fully saturated rings. The molecule has 4 rings (SSSR count). The molecular formula is C24H34N4O. The van der Waals surface area contributed by atoms with Gasteiger partial charge in [0, 0.05) is 18.2 Å². The highest BCUT2D eigenvalue weighted by Crippen LogP contribution is 2.36. The first kappa shape index (κ1) is 20.2. The van der Waals surface area contributed by atoms with Gasteiger partial charge in [-0.1, -0.05) is 6.07 Å². The van der Waals surface area contributed by atoms with Crippen LogP contribution in [0.3, 0.4) is 0 Å². The molecule has 0 spiro atoms. The largest absolute Gasteiger partial charge is 0.492 e. The minimum atomic E-state index is 0.574. The molecule has 29 heavy (non-hydrogen) atoms. The van der Waals surface area contributed by atoms with Crippen molar-refractivity contribution >= 4 is 5.82 Å². The van der Waals surface area contributed by atoms with Crippen molar-refractivity contribution < 1.29 is 4.74 Å². The molecule has 5 heteroatoms. The van der Waals surface area contributed by atoms with E-state index in [0.29, 0.717) is 5.82 Å². The Labute approximate surface area is 174 Å². The monoisotopic (exact) mass is 394 g/mol. The molecule has 2 N–H and O–H groups in total. The normalized spacial score (nSPS) is 18.0. The van der Waals surface area contributed by atoms with Crippen LogP contribution in [0.4, 0.5) is 5.82 Å². The fraction of sp³-hybridized carbons (Fsp3) is 0.542. The minimum Gasteiger partial charge on any atom is -0.492 e. The Morgan fingerprint density at radius 3 is 2.55 bits per heavy atom. The number of fused-ring (bicyclic) bond motifs is 1. The van der Waals surface area contributed by atoms with Crippen LogP contribution in [0.15, 0.2) is 30.3 Å². The van der Waals surface area contributed by atoms with Gasteiger partial charge >= 0.3 is 0 Å². The summed E-state index contributed by atoms with van der Waals surface area (Å²) in [6, 6.07) is 10.9. The second kappa shape index (κ2) is 9.14. The maximum absolute atomic E-state index is 6.30. The van der Waals surface area contributed by atoms with E-state index in [0.717, 1.165) is 43.5 Å². The first-order valence-corrected chi connectivity index (χ1v) is 11.0. The van der Waals surface area contributed by atoms with E-state index in [2.05, 4.69) is 47.1 Å². The van der Waals surface area contributed by atoms with Gasteiger partial charge in [0.2, 0.25) is 0 Å². The number of benzene rings is 1. The maximum atomic E-state index is 6.30. The van der Waals surface area contributed by atoms with E-state index >= 15 is 0 Å². The molecule has 1 aliphatic heterocycles. The summed E-state index contributed by atoms with van der Waals surface area (Å²) in [5.74, 6) is 1.64. The van der Waals surface area contributed by atoms with Crippen LogP contribution in [0.1, 0.15) is 36.8 Å². The summed E-state index contributed by atoms with van der Waals surface area (Å²) in [5, 5.41) is 0. The zero-order valence-electron chi connectivity index (χ0n) is 17.9. The Balaban J connectivity index is 1.42. The molecule has 0 bridgehead atoms. The van der Waals surface area contributed by atoms with Gasteiger partial charge in [-0.05, 0) is 101 Å². The van der Waals surface area contributed by atoms with Crippen molar-refractivity contribution in [2.24, 2.45) is 0 Å². The molecule has 5 nitrogen and oxygen atoms in total. The second-order valence-corrected chi connectivity index (χ2v) is 8.61. The third-order valence-corrected chi connectivity index (χ3v) is 6.49. The predicted molar refractivity (Wildman–Crippen MR) is 119 cm³/mol. The summed E-state index contributed by atoms with van der Waals surface area (Å²) in [5.41, 5.74) is 10.9. The Kier molecular flexibility index (Phi) is 6.36. The average Bonchev–Trinajstić information content (AvgIpc) is 2.74. The Morgan fingerprint density at radius 2 is 1.83 bits per heavy atom. The number of nitrogens with two attached hydrogens (primary N) is 1. The van der Waals surface area contributed by atoms with Crippen LogP contribution in [-0.4, -0.2) is 61.2 Å². The second-order valence-electron chi connectivity index (χ2n) is 8.61. The first-order chi connectivity index (χ1) is 14.1. The topological polar surface area (TPSA) is 54.6 Å². The third-order valence-electron chi connectivity index (χ3n) is 6.49. The van der Waals surface area contributed by atoms with E-state index in [1.54, 1.807) is 0 Å². The number of hydrogen-bond donors (Lipinski definition) is 1. The van der Waals surface area contributed by atoms with E-state index < -0.39 is 0 Å². The molecule has 1 aliphatic carbocycles. The average molecular weight is 395 g/mol. The van der Waals surface area contributed by atoms with Crippen molar-refractivity contribution in [2.75, 3.05) is 46.1 Å². The SMILES string of the molecule is CN(C)C1CCN(CCOc2ccc(-c3cccc(N)n3)c3c2CCCC3)CC1. The van der Waals surface area contributed by atoms with E-state index in [1.807, 2.05) is 12.1 Å². The summed E-state index contributed by atoms with van der Waals surface area (Å²) < 4.78 is 6.30. The molecule has 1 aromatic heterocycles. The molecule has 2 heterocycles. The van der Waals surface area contributed by atoms with Crippen molar-refractivity contribution in [2.45, 2.75) is 44.6 Å². The number of nitrogens with zero attached hydrogens (tertiary/aromatic N) is 3. The summed E-state index contributed by atoms with van der Waals surface area (Å²) in [4.78, 5) is 9.45. The van der Waals surface area contributed by atoms with Crippen LogP contribution in [0.25, 0.3) is 11.3 Å². The lowest BCUT2D eigenvalue weighted by Crippen LogP contribution is -2.43. The van der Waals surface area contributed by atoms with Crippen LogP contribution >= 0.6 is 0 Å². The number of nitrogen functional groups attached to an aromatic ring is 1. The number of piperidine rings is 1. The molecular weight excluding hydrogens is 360 g/mol. The molecule has 0 atom stereocenters. The summed E-state index contributed by atoms with van der Waals surface area (Å²) in [6.07, 6.45) is 7.15. The van der Waals surface area contributed by atoms with Crippen LogP contribution in [0.5, 0.6) is 5.75 Å². The summed E-state index contributed by atoms with van der Waals surface area (Å²) >= 11 is 0. The fourth-order valence-electron chi connectivity index (χ4n) is 4.76. The molecule has 0 radical (unpaired) electrons. The number of likely N-dealkylation sites (tertiary alicyclic amines) is 1. The third kappa shape index (κ3) is 4.73. The number of hydrogen-bond acceptors (Lipinski definition) is 5. The van der Waals surface area contributed by atoms with Crippen LogP contribution in [0.2, 0.25) is 0 Å². The lowest BCUT2D eigenvalue weighted by atomic mass is 9.86. The van der Waals surface area contributed by atoms with Gasteiger partial charge in [-0.3, -0.25) is 4.90 Å². The van der Waals surface area contributed by atoms with E-state index in [1.165, 1.54) is 55.5 Å². The zero-order valence-corrected chi connectivity index (χ0v) is 17.9. The van der Waals surface area contributed by atoms with E-state index in [4.69, 9.17) is 10.5 Å². The van der Waals surface area contributed by atoms with Crippen molar-refractivity contribution in [1.82, 2.24) is 14.8 Å². The lowest BCUT2D eigenvalue weighted by molar-refractivity contribution is 0.128. The molecule has 0 amide bonds. The molecule has 2 aliphatic rings. The van der Waals surface area contributed by atoms with Crippen molar-refractivity contribution in [3.63, 3.8) is 0 Å². The lowest BCUT2D eigenvalue weighted by Gasteiger charge is -2.35. The van der Waals surface area contributed by atoms with Gasteiger partial charge in [0.25, 0.3) is 0 Å². The predicted octanol–water partition coefficient (Wildman–Crippen LogP) is 3.61. The molecule has 1 aromatic carbocycles. The zero-order chi connectivity index (χ0) is 20.2. The maximum Gasteiger partial charge on any atom is 0.124 e. The number of rotatable bonds is 6. The van der Waals surface area contributed by atoms with Gasteiger partial charge in [-0.25, -0.2) is 4.98 Å². The summed E-state index contributed by atoms with van der Waals surface area (Å²) in [7, 11) is 4.38. The highest BCUT2D eigenvalue weighted by Gasteiger charge is 2.22. The highest BCUT2D eigenvalue weighted by molar-refractivity contribution is 5.69. The van der Waals surface area contributed by atoms with Crippen LogP contribution < -0.4 is 10.5 Å². The first-order valence-electron chi connectivity index (χ1n) is 11.0. The van der Waals surface area contributed by atoms with Crippen molar-refractivity contribution in [3.05, 3.63) is 41.5 Å². The fourth-order valence-corrected chi connectivity index (χ4v) is 4.76. The van der Waals surface area contributed by atoms with Crippen molar-refractivity contribution in [1.29, 1.82) is 0 Å². The van der Waals surface area contributed by atoms with Gasteiger partial charge in [-0.15, -0.1) is 0 Å². The Morgan fingerprint density at radius 1 is 1.07 bits per heavy atom. The quantitative estimate of drug-likeness (QED) is 0.811. The number of ether oxygens (including phenoxy) is 1. The molecule has 1 saturated heterocycles. The molecule has 0 saturated carbocycles. The van der Waals surface area contributed by atoms with Gasteiger partial charge < -0.3 is 15.4 Å². The van der Waals surface area contributed by atoms with Gasteiger partial charge in [0.05, 0.1) is 5.69 Å². The molecule has 0 unspecified atom stereocenters. The van der Waals surface area contributed by atoms with Crippen LogP contribution in [-0.2, 0) is 12.8 Å². The number of anilines is 1. The highest BCUT2D eigenvalue weighted by atomic mass is 16.5. The van der Waals surface area contributed by atoms with E-state index in [-0.39, 0.29) is 0 Å². The number of aromatic nitrogens is 1. The standard InChI is InChI=1S/C24H34N4O/c1-27(2)18-12-14-28(15-13-18)16-17-29-23-11-10-20(19-6-3-4-7-21(19)23)22-8-5-9-24(25)26-22/h5,8-11,18H,3-4,6-7,12-17H2,1-2H3,(H2,25,26). The summed E-state index contributed by atoms with van der Waals surface area (Å²) in [6.45, 7) is 4.11. The molecule has 2 aromatic rings. The number of pyridine rings is 1. The van der Waals surface area contributed by atoms with Gasteiger partial charge in [-0.2, -0.15) is 0 Å². The Hall–Kier alpha value is -2.11. The van der Waals surface area contributed by atoms with Gasteiger partial charge in [0.1, 0.15) is 18.2 Å². The molecule has 156 valence electrons. The van der Waals surface area contributed by atoms with Crippen LogP contribution in [0, 0.1) is 0 Å².